The quantitative estimate of drug-likeness (QED) is 0.553. The molecule has 0 spiro atoms. The monoisotopic (exact) mass is 133 g/mol. The molecule has 0 N–H and O–H groups in total. The molecule has 0 saturated carbocycles. The lowest BCUT2D eigenvalue weighted by Crippen LogP contribution is -2.15. The van der Waals surface area contributed by atoms with Crippen LogP contribution in [0.15, 0.2) is 0 Å². The van der Waals surface area contributed by atoms with Crippen LogP contribution in [0.3, 0.4) is 0 Å². The highest BCUT2D eigenvalue weighted by atomic mass is 19.3. The predicted octanol–water partition coefficient (Wildman–Crippen LogP) is 0.839. The van der Waals surface area contributed by atoms with Crippen molar-refractivity contribution in [3.63, 3.8) is 0 Å². The van der Waals surface area contributed by atoms with Crippen molar-refractivity contribution in [2.24, 2.45) is 5.92 Å². The fourth-order valence-corrected chi connectivity index (χ4v) is 1.25. The molecule has 9 heavy (non-hydrogen) atoms. The normalized spacial score (nSPS) is 29.3. The number of hydrogen-bond acceptors (Lipinski definition) is 2. The summed E-state index contributed by atoms with van der Waals surface area (Å²) < 4.78 is 11.3. The molecule has 54 valence electrons. The van der Waals surface area contributed by atoms with E-state index in [4.69, 9.17) is 0 Å². The highest BCUT2D eigenvalue weighted by Gasteiger charge is 2.19. The van der Waals surface area contributed by atoms with Crippen LogP contribution in [0.4, 0.5) is 4.53 Å². The molecule has 0 amide bonds. The van der Waals surface area contributed by atoms with Crippen molar-refractivity contribution in [3.8, 4) is 0 Å². The van der Waals surface area contributed by atoms with Crippen molar-refractivity contribution >= 4 is 0 Å². The first-order valence-corrected chi connectivity index (χ1v) is 3.25. The fraction of sp³-hybridized carbons (Fsp3) is 1.00. The maximum absolute atomic E-state index is 11.3. The van der Waals surface area contributed by atoms with Gasteiger partial charge in [-0.05, 0) is 30.5 Å². The van der Waals surface area contributed by atoms with E-state index in [1.807, 2.05) is 7.05 Å². The van der Waals surface area contributed by atoms with Crippen LogP contribution in [0.5, 0.6) is 0 Å². The molecule has 1 aliphatic rings. The van der Waals surface area contributed by atoms with Gasteiger partial charge < -0.3 is 4.90 Å². The van der Waals surface area contributed by atoms with Crippen LogP contribution < -0.4 is 0 Å². The lowest BCUT2D eigenvalue weighted by Gasteiger charge is -2.06. The zero-order chi connectivity index (χ0) is 6.69. The van der Waals surface area contributed by atoms with Crippen molar-refractivity contribution in [1.82, 2.24) is 4.90 Å². The Morgan fingerprint density at radius 3 is 3.00 bits per heavy atom. The third-order valence-electron chi connectivity index (χ3n) is 1.79. The van der Waals surface area contributed by atoms with E-state index in [1.165, 1.54) is 0 Å². The van der Waals surface area contributed by atoms with Gasteiger partial charge in [-0.25, -0.2) is 0 Å². The minimum atomic E-state index is 0.268. The Hall–Kier alpha value is -0.150. The fourth-order valence-electron chi connectivity index (χ4n) is 1.25. The first-order valence-electron chi connectivity index (χ1n) is 3.25. The van der Waals surface area contributed by atoms with Crippen molar-refractivity contribution < 1.29 is 9.47 Å². The third-order valence-corrected chi connectivity index (χ3v) is 1.79. The van der Waals surface area contributed by atoms with Crippen LogP contribution in [0.25, 0.3) is 0 Å². The van der Waals surface area contributed by atoms with Gasteiger partial charge in [-0.2, -0.15) is 4.94 Å². The van der Waals surface area contributed by atoms with Crippen LogP contribution in [-0.2, 0) is 4.94 Å². The molecule has 2 nitrogen and oxygen atoms in total. The first-order chi connectivity index (χ1) is 4.33. The Kier molecular flexibility index (Phi) is 2.42. The maximum Gasteiger partial charge on any atom is 0.0917 e. The summed E-state index contributed by atoms with van der Waals surface area (Å²) in [6.45, 7) is 2.32. The predicted molar refractivity (Wildman–Crippen MR) is 32.7 cm³/mol. The van der Waals surface area contributed by atoms with Gasteiger partial charge in [0.25, 0.3) is 0 Å². The summed E-state index contributed by atoms with van der Waals surface area (Å²) in [5.41, 5.74) is 0. The molecule has 0 aliphatic carbocycles. The molecule has 1 fully saturated rings. The third kappa shape index (κ3) is 1.91. The second-order valence-electron chi connectivity index (χ2n) is 2.69. The first kappa shape index (κ1) is 6.96. The molecule has 1 heterocycles. The molecule has 0 radical (unpaired) electrons. The van der Waals surface area contributed by atoms with E-state index in [-0.39, 0.29) is 6.61 Å². The number of halogens is 1. The molecule has 1 atom stereocenters. The minimum Gasteiger partial charge on any atom is -0.306 e. The van der Waals surface area contributed by atoms with E-state index in [9.17, 15) is 4.53 Å². The topological polar surface area (TPSA) is 12.5 Å². The number of nitrogens with zero attached hydrogens (tertiary/aromatic N) is 1. The summed E-state index contributed by atoms with van der Waals surface area (Å²) in [6.07, 6.45) is 1.07. The number of hydrogen-bond donors (Lipinski definition) is 0. The van der Waals surface area contributed by atoms with E-state index in [0.29, 0.717) is 5.92 Å². The summed E-state index contributed by atoms with van der Waals surface area (Å²) >= 11 is 0. The molecule has 0 bridgehead atoms. The summed E-state index contributed by atoms with van der Waals surface area (Å²) in [4.78, 5) is 5.73. The molecule has 1 aliphatic heterocycles. The van der Waals surface area contributed by atoms with Gasteiger partial charge in [-0.15, -0.1) is 0 Å². The Labute approximate surface area is 54.5 Å². The van der Waals surface area contributed by atoms with E-state index in [2.05, 4.69) is 9.84 Å². The van der Waals surface area contributed by atoms with Gasteiger partial charge >= 0.3 is 0 Å². The molecule has 1 saturated heterocycles. The van der Waals surface area contributed by atoms with Crippen LogP contribution in [0.1, 0.15) is 6.42 Å². The standard InChI is InChI=1S/C6H12FNO/c1-8-3-2-6(4-8)5-9-7/h6H,2-5H2,1H3. The molecule has 0 aromatic rings. The SMILES string of the molecule is CN1CCC(COF)C1. The van der Waals surface area contributed by atoms with E-state index < -0.39 is 0 Å². The molecule has 0 aromatic heterocycles. The Bertz CT molecular complexity index is 87.1. The van der Waals surface area contributed by atoms with Crippen molar-refractivity contribution in [1.29, 1.82) is 0 Å². The summed E-state index contributed by atoms with van der Waals surface area (Å²) in [7, 11) is 2.04. The average Bonchev–Trinajstić information content (AvgIpc) is 2.17. The van der Waals surface area contributed by atoms with Gasteiger partial charge in [-0.1, -0.05) is 0 Å². The van der Waals surface area contributed by atoms with Gasteiger partial charge in [0, 0.05) is 6.54 Å². The Balaban J connectivity index is 2.14. The summed E-state index contributed by atoms with van der Waals surface area (Å²) in [6, 6.07) is 0. The lowest BCUT2D eigenvalue weighted by molar-refractivity contribution is -0.143. The maximum atomic E-state index is 11.3. The molecule has 0 aromatic carbocycles. The highest BCUT2D eigenvalue weighted by Crippen LogP contribution is 2.13. The molecule has 1 unspecified atom stereocenters. The van der Waals surface area contributed by atoms with Gasteiger partial charge in [0.15, 0.2) is 0 Å². The van der Waals surface area contributed by atoms with Crippen LogP contribution in [-0.4, -0.2) is 31.6 Å². The van der Waals surface area contributed by atoms with Gasteiger partial charge in [0.1, 0.15) is 0 Å². The van der Waals surface area contributed by atoms with E-state index in [0.717, 1.165) is 19.5 Å². The molecular formula is C6H12FNO. The van der Waals surface area contributed by atoms with Gasteiger partial charge in [0.05, 0.1) is 6.61 Å². The zero-order valence-electron chi connectivity index (χ0n) is 5.64. The van der Waals surface area contributed by atoms with Crippen molar-refractivity contribution in [2.45, 2.75) is 6.42 Å². The second-order valence-corrected chi connectivity index (χ2v) is 2.69. The summed E-state index contributed by atoms with van der Waals surface area (Å²) in [5.74, 6) is 0.417. The molecule has 1 rings (SSSR count). The Morgan fingerprint density at radius 1 is 1.78 bits per heavy atom. The van der Waals surface area contributed by atoms with Crippen molar-refractivity contribution in [2.75, 3.05) is 26.7 Å². The van der Waals surface area contributed by atoms with E-state index >= 15 is 0 Å². The second kappa shape index (κ2) is 3.13. The average molecular weight is 133 g/mol. The van der Waals surface area contributed by atoms with E-state index in [1.54, 1.807) is 0 Å². The lowest BCUT2D eigenvalue weighted by atomic mass is 10.1. The van der Waals surface area contributed by atoms with Crippen LogP contribution >= 0.6 is 0 Å². The van der Waals surface area contributed by atoms with Crippen LogP contribution in [0.2, 0.25) is 0 Å². The molecular weight excluding hydrogens is 121 g/mol. The zero-order valence-corrected chi connectivity index (χ0v) is 5.64. The van der Waals surface area contributed by atoms with Gasteiger partial charge in [0.2, 0.25) is 0 Å². The summed E-state index contributed by atoms with van der Waals surface area (Å²) in [5, 5.41) is 0. The highest BCUT2D eigenvalue weighted by molar-refractivity contribution is 4.71. The largest absolute Gasteiger partial charge is 0.306 e. The Morgan fingerprint density at radius 2 is 2.56 bits per heavy atom. The number of rotatable bonds is 2. The van der Waals surface area contributed by atoms with Crippen LogP contribution in [0, 0.1) is 5.92 Å². The van der Waals surface area contributed by atoms with Gasteiger partial charge in [-0.3, -0.25) is 0 Å². The number of likely N-dealkylation sites (tertiary alicyclic amines) is 1. The van der Waals surface area contributed by atoms with Crippen molar-refractivity contribution in [3.05, 3.63) is 0 Å². The minimum absolute atomic E-state index is 0.268. The molecule has 3 heteroatoms. The smallest absolute Gasteiger partial charge is 0.0917 e.